The van der Waals surface area contributed by atoms with Crippen molar-refractivity contribution in [3.05, 3.63) is 194 Å². The average molecular weight is 689 g/mol. The molecule has 0 aliphatic rings. The van der Waals surface area contributed by atoms with Crippen molar-refractivity contribution in [1.82, 2.24) is 19.1 Å². The van der Waals surface area contributed by atoms with Crippen LogP contribution in [0.2, 0.25) is 0 Å². The van der Waals surface area contributed by atoms with Crippen LogP contribution < -0.4 is 0 Å². The van der Waals surface area contributed by atoms with Crippen LogP contribution in [0.4, 0.5) is 0 Å². The molecule has 0 N–H and O–H groups in total. The van der Waals surface area contributed by atoms with Crippen molar-refractivity contribution >= 4 is 54.6 Å². The first kappa shape index (κ1) is 30.3. The van der Waals surface area contributed by atoms with Crippen molar-refractivity contribution in [2.75, 3.05) is 0 Å². The summed E-state index contributed by atoms with van der Waals surface area (Å²) in [5, 5.41) is 4.82. The van der Waals surface area contributed by atoms with Crippen LogP contribution in [0.15, 0.2) is 194 Å². The fourth-order valence-corrected chi connectivity index (χ4v) is 8.19. The Labute approximate surface area is 311 Å². The maximum Gasteiger partial charge on any atom is 0.165 e. The van der Waals surface area contributed by atoms with E-state index in [1.807, 2.05) is 30.3 Å². The van der Waals surface area contributed by atoms with Gasteiger partial charge in [0.1, 0.15) is 5.69 Å². The highest BCUT2D eigenvalue weighted by molar-refractivity contribution is 6.13. The molecule has 4 nitrogen and oxygen atoms in total. The number of rotatable bonds is 5. The van der Waals surface area contributed by atoms with Gasteiger partial charge in [-0.15, -0.1) is 0 Å². The lowest BCUT2D eigenvalue weighted by Gasteiger charge is -2.14. The summed E-state index contributed by atoms with van der Waals surface area (Å²) in [6.45, 7) is 0. The van der Waals surface area contributed by atoms with Gasteiger partial charge in [0, 0.05) is 32.8 Å². The van der Waals surface area contributed by atoms with Crippen LogP contribution in [-0.2, 0) is 0 Å². The highest BCUT2D eigenvalue weighted by Crippen LogP contribution is 2.40. The van der Waals surface area contributed by atoms with E-state index in [4.69, 9.17) is 9.97 Å². The van der Waals surface area contributed by atoms with Crippen LogP contribution in [-0.4, -0.2) is 19.1 Å². The highest BCUT2D eigenvalue weighted by atomic mass is 15.1. The van der Waals surface area contributed by atoms with E-state index in [0.717, 1.165) is 50.4 Å². The van der Waals surface area contributed by atoms with Crippen LogP contribution >= 0.6 is 0 Å². The molecule has 0 fully saturated rings. The van der Waals surface area contributed by atoms with Gasteiger partial charge >= 0.3 is 0 Å². The molecule has 0 unspecified atom stereocenters. The third-order valence-corrected chi connectivity index (χ3v) is 10.7. The number of hydrogen-bond donors (Lipinski definition) is 0. The van der Waals surface area contributed by atoms with E-state index in [1.165, 1.54) is 49.3 Å². The summed E-state index contributed by atoms with van der Waals surface area (Å²) in [6, 6.07) is 69.1. The normalized spacial score (nSPS) is 11.7. The van der Waals surface area contributed by atoms with Gasteiger partial charge in [-0.1, -0.05) is 127 Å². The van der Waals surface area contributed by atoms with Crippen molar-refractivity contribution in [2.45, 2.75) is 0 Å². The minimum atomic E-state index is 0.815. The first-order valence-corrected chi connectivity index (χ1v) is 18.3. The van der Waals surface area contributed by atoms with E-state index in [0.29, 0.717) is 0 Å². The Kier molecular flexibility index (Phi) is 6.82. The second kappa shape index (κ2) is 12.1. The molecule has 0 spiro atoms. The minimum absolute atomic E-state index is 0.815. The molecule has 4 heteroatoms. The van der Waals surface area contributed by atoms with E-state index in [2.05, 4.69) is 173 Å². The van der Waals surface area contributed by atoms with Gasteiger partial charge in [-0.25, -0.2) is 9.97 Å². The predicted octanol–water partition coefficient (Wildman–Crippen LogP) is 12.8. The molecule has 0 bridgehead atoms. The minimum Gasteiger partial charge on any atom is -0.309 e. The standard InChI is InChI=1S/C50H32N4/c1-4-14-33(15-5-1)35-24-28-47-41(30-35)42-32-37(36-25-27-46-40(31-36)39-20-10-13-23-45(39)53(46)38-18-8-3-9-19-38)26-29-48(42)54(47)50-49(34-16-6-2-7-17-34)51-43-21-11-12-22-44(43)52-50/h1-32H. The van der Waals surface area contributed by atoms with E-state index in [9.17, 15) is 0 Å². The molecule has 252 valence electrons. The summed E-state index contributed by atoms with van der Waals surface area (Å²) < 4.78 is 4.67. The van der Waals surface area contributed by atoms with Crippen molar-refractivity contribution in [1.29, 1.82) is 0 Å². The van der Waals surface area contributed by atoms with Crippen LogP contribution in [0.3, 0.4) is 0 Å². The average Bonchev–Trinajstić information content (AvgIpc) is 3.76. The molecule has 0 aliphatic heterocycles. The summed E-state index contributed by atoms with van der Waals surface area (Å²) in [4.78, 5) is 10.6. The molecular formula is C50H32N4. The van der Waals surface area contributed by atoms with Crippen molar-refractivity contribution < 1.29 is 0 Å². The summed E-state index contributed by atoms with van der Waals surface area (Å²) in [5.41, 5.74) is 14.1. The number of fused-ring (bicyclic) bond motifs is 7. The second-order valence-corrected chi connectivity index (χ2v) is 13.8. The Hall–Kier alpha value is -7.30. The number of nitrogens with zero attached hydrogens (tertiary/aromatic N) is 4. The Balaban J connectivity index is 1.17. The summed E-state index contributed by atoms with van der Waals surface area (Å²) in [7, 11) is 0. The Bertz CT molecular complexity index is 3200. The van der Waals surface area contributed by atoms with Gasteiger partial charge in [0.2, 0.25) is 0 Å². The molecule has 3 heterocycles. The number of hydrogen-bond acceptors (Lipinski definition) is 2. The quantitative estimate of drug-likeness (QED) is 0.180. The molecular weight excluding hydrogens is 657 g/mol. The van der Waals surface area contributed by atoms with Crippen LogP contribution in [0, 0.1) is 0 Å². The number of aromatic nitrogens is 4. The van der Waals surface area contributed by atoms with Crippen LogP contribution in [0.25, 0.3) is 99.7 Å². The summed E-state index contributed by atoms with van der Waals surface area (Å²) >= 11 is 0. The van der Waals surface area contributed by atoms with Crippen LogP contribution in [0.5, 0.6) is 0 Å². The maximum atomic E-state index is 5.34. The zero-order valence-corrected chi connectivity index (χ0v) is 29.3. The molecule has 0 radical (unpaired) electrons. The maximum absolute atomic E-state index is 5.34. The lowest BCUT2D eigenvalue weighted by Crippen LogP contribution is -2.03. The van der Waals surface area contributed by atoms with Gasteiger partial charge in [-0.05, 0) is 89.0 Å². The molecule has 0 saturated heterocycles. The predicted molar refractivity (Wildman–Crippen MR) is 225 cm³/mol. The summed E-state index contributed by atoms with van der Waals surface area (Å²) in [5.74, 6) is 0.815. The fourth-order valence-electron chi connectivity index (χ4n) is 8.19. The molecule has 11 rings (SSSR count). The Morgan fingerprint density at radius 2 is 0.741 bits per heavy atom. The molecule has 0 atom stereocenters. The molecule has 54 heavy (non-hydrogen) atoms. The molecule has 0 amide bonds. The first-order valence-electron chi connectivity index (χ1n) is 18.3. The molecule has 8 aromatic carbocycles. The molecule has 3 aromatic heterocycles. The first-order chi connectivity index (χ1) is 26.8. The Morgan fingerprint density at radius 1 is 0.296 bits per heavy atom. The fraction of sp³-hybridized carbons (Fsp3) is 0. The van der Waals surface area contributed by atoms with Gasteiger partial charge in [0.25, 0.3) is 0 Å². The van der Waals surface area contributed by atoms with E-state index in [1.54, 1.807) is 0 Å². The van der Waals surface area contributed by atoms with Gasteiger partial charge in [-0.3, -0.25) is 4.57 Å². The lowest BCUT2D eigenvalue weighted by molar-refractivity contribution is 1.08. The van der Waals surface area contributed by atoms with E-state index in [-0.39, 0.29) is 0 Å². The van der Waals surface area contributed by atoms with Gasteiger partial charge in [0.05, 0.1) is 33.1 Å². The van der Waals surface area contributed by atoms with Crippen molar-refractivity contribution in [2.24, 2.45) is 0 Å². The zero-order valence-electron chi connectivity index (χ0n) is 29.3. The second-order valence-electron chi connectivity index (χ2n) is 13.8. The third-order valence-electron chi connectivity index (χ3n) is 10.7. The van der Waals surface area contributed by atoms with E-state index >= 15 is 0 Å². The number of para-hydroxylation sites is 4. The lowest BCUT2D eigenvalue weighted by atomic mass is 9.99. The SMILES string of the molecule is c1ccc(-c2ccc3c(c2)c2cc(-c4ccc5c(c4)c4ccccc4n5-c4ccccc4)ccc2n3-c2nc3ccccc3nc2-c2ccccc2)cc1. The monoisotopic (exact) mass is 688 g/mol. The zero-order chi connectivity index (χ0) is 35.6. The largest absolute Gasteiger partial charge is 0.309 e. The van der Waals surface area contributed by atoms with Crippen LogP contribution in [0.1, 0.15) is 0 Å². The van der Waals surface area contributed by atoms with Gasteiger partial charge in [0.15, 0.2) is 5.82 Å². The van der Waals surface area contributed by atoms with Crippen molar-refractivity contribution in [3.63, 3.8) is 0 Å². The molecule has 0 saturated carbocycles. The van der Waals surface area contributed by atoms with Gasteiger partial charge < -0.3 is 4.57 Å². The van der Waals surface area contributed by atoms with Gasteiger partial charge in [-0.2, -0.15) is 0 Å². The van der Waals surface area contributed by atoms with Crippen molar-refractivity contribution in [3.8, 4) is 45.0 Å². The van der Waals surface area contributed by atoms with E-state index < -0.39 is 0 Å². The summed E-state index contributed by atoms with van der Waals surface area (Å²) in [6.07, 6.45) is 0. The molecule has 11 aromatic rings. The molecule has 0 aliphatic carbocycles. The smallest absolute Gasteiger partial charge is 0.165 e. The topological polar surface area (TPSA) is 35.6 Å². The Morgan fingerprint density at radius 3 is 1.37 bits per heavy atom. The number of benzene rings is 8. The highest BCUT2D eigenvalue weighted by Gasteiger charge is 2.21. The third kappa shape index (κ3) is 4.78.